The number of guanidine groups is 1. The molecule has 25 heavy (non-hydrogen) atoms. The van der Waals surface area contributed by atoms with Crippen molar-refractivity contribution in [1.29, 1.82) is 0 Å². The van der Waals surface area contributed by atoms with Crippen molar-refractivity contribution in [3.8, 4) is 0 Å². The Labute approximate surface area is 166 Å². The van der Waals surface area contributed by atoms with Crippen LogP contribution in [0, 0.1) is 12.8 Å². The average Bonchev–Trinajstić information content (AvgIpc) is 2.88. The predicted octanol–water partition coefficient (Wildman–Crippen LogP) is 0.799. The number of aryl methyl sites for hydroxylation is 2. The summed E-state index contributed by atoms with van der Waals surface area (Å²) in [7, 11) is 3.48. The van der Waals surface area contributed by atoms with Gasteiger partial charge in [0.2, 0.25) is 5.91 Å². The molecule has 0 saturated carbocycles. The summed E-state index contributed by atoms with van der Waals surface area (Å²) >= 11 is 0. The Kier molecular flexibility index (Phi) is 8.60. The summed E-state index contributed by atoms with van der Waals surface area (Å²) in [5.41, 5.74) is 0. The van der Waals surface area contributed by atoms with Crippen molar-refractivity contribution in [1.82, 2.24) is 30.3 Å². The van der Waals surface area contributed by atoms with Crippen molar-refractivity contribution in [2.75, 3.05) is 27.2 Å². The first-order valence-electron chi connectivity index (χ1n) is 8.50. The number of amides is 1. The zero-order valence-electron chi connectivity index (χ0n) is 15.7. The van der Waals surface area contributed by atoms with Crippen molar-refractivity contribution in [2.45, 2.75) is 46.2 Å². The van der Waals surface area contributed by atoms with Crippen LogP contribution in [0.3, 0.4) is 0 Å². The molecule has 0 aliphatic carbocycles. The fraction of sp³-hybridized carbons (Fsp3) is 0.750. The molecule has 0 bridgehead atoms. The molecule has 1 unspecified atom stereocenters. The van der Waals surface area contributed by atoms with Crippen LogP contribution in [0.25, 0.3) is 0 Å². The summed E-state index contributed by atoms with van der Waals surface area (Å²) in [5.74, 6) is 3.02. The van der Waals surface area contributed by atoms with Gasteiger partial charge in [0.1, 0.15) is 18.2 Å². The smallest absolute Gasteiger partial charge is 0.243 e. The second-order valence-electron chi connectivity index (χ2n) is 6.87. The van der Waals surface area contributed by atoms with Gasteiger partial charge >= 0.3 is 0 Å². The highest BCUT2D eigenvalue weighted by molar-refractivity contribution is 14.0. The summed E-state index contributed by atoms with van der Waals surface area (Å²) in [5, 5.41) is 11.2. The van der Waals surface area contributed by atoms with Crippen LogP contribution in [-0.4, -0.2) is 64.8 Å². The van der Waals surface area contributed by atoms with Gasteiger partial charge in [0.15, 0.2) is 5.96 Å². The number of carbonyl (C=O) groups is 1. The minimum Gasteiger partial charge on any atom is -0.356 e. The van der Waals surface area contributed by atoms with Crippen molar-refractivity contribution in [2.24, 2.45) is 10.9 Å². The van der Waals surface area contributed by atoms with Gasteiger partial charge in [0.05, 0.1) is 6.54 Å². The molecule has 0 aromatic carbocycles. The molecule has 142 valence electrons. The molecule has 8 nitrogen and oxygen atoms in total. The highest BCUT2D eigenvalue weighted by Gasteiger charge is 2.21. The third-order valence-electron chi connectivity index (χ3n) is 3.85. The molecule has 2 N–H and O–H groups in total. The van der Waals surface area contributed by atoms with Crippen LogP contribution >= 0.6 is 24.0 Å². The van der Waals surface area contributed by atoms with E-state index in [1.807, 2.05) is 11.6 Å². The second-order valence-corrected chi connectivity index (χ2v) is 6.87. The Hall–Kier alpha value is -1.39. The van der Waals surface area contributed by atoms with E-state index in [4.69, 9.17) is 0 Å². The number of halogens is 1. The third-order valence-corrected chi connectivity index (χ3v) is 3.85. The number of likely N-dealkylation sites (N-methyl/N-ethyl adjacent to an activating group) is 1. The lowest BCUT2D eigenvalue weighted by molar-refractivity contribution is -0.127. The van der Waals surface area contributed by atoms with E-state index in [1.54, 1.807) is 19.0 Å². The molecule has 1 aliphatic rings. The van der Waals surface area contributed by atoms with Crippen molar-refractivity contribution in [3.63, 3.8) is 0 Å². The van der Waals surface area contributed by atoms with E-state index in [1.165, 1.54) is 0 Å². The van der Waals surface area contributed by atoms with Crippen molar-refractivity contribution >= 4 is 35.8 Å². The van der Waals surface area contributed by atoms with Gasteiger partial charge in [-0.05, 0) is 19.3 Å². The van der Waals surface area contributed by atoms with Gasteiger partial charge in [-0.15, -0.1) is 24.0 Å². The SMILES string of the molecule is Cc1nc2n(n1)CC(NC(=NCC(=O)N(C)C)NCC(C)C)CC2.I. The maximum absolute atomic E-state index is 11.8. The Morgan fingerprint density at radius 3 is 2.80 bits per heavy atom. The number of rotatable bonds is 5. The van der Waals surface area contributed by atoms with E-state index in [2.05, 4.69) is 39.6 Å². The van der Waals surface area contributed by atoms with Crippen molar-refractivity contribution < 1.29 is 4.79 Å². The number of nitrogens with zero attached hydrogens (tertiary/aromatic N) is 5. The van der Waals surface area contributed by atoms with Crippen LogP contribution in [0.5, 0.6) is 0 Å². The molecule has 0 radical (unpaired) electrons. The summed E-state index contributed by atoms with van der Waals surface area (Å²) in [6.07, 6.45) is 1.87. The molecule has 0 spiro atoms. The van der Waals surface area contributed by atoms with Crippen LogP contribution in [0.1, 0.15) is 31.9 Å². The van der Waals surface area contributed by atoms with Crippen LogP contribution in [0.15, 0.2) is 4.99 Å². The van der Waals surface area contributed by atoms with Crippen LogP contribution in [0.4, 0.5) is 0 Å². The zero-order chi connectivity index (χ0) is 17.7. The molecule has 1 aliphatic heterocycles. The van der Waals surface area contributed by atoms with Crippen molar-refractivity contribution in [3.05, 3.63) is 11.6 Å². The Bertz CT molecular complexity index is 597. The average molecular weight is 463 g/mol. The molecule has 9 heteroatoms. The van der Waals surface area contributed by atoms with Gasteiger partial charge < -0.3 is 15.5 Å². The second kappa shape index (κ2) is 9.93. The Balaban J connectivity index is 0.00000312. The van der Waals surface area contributed by atoms with E-state index < -0.39 is 0 Å². The number of aromatic nitrogens is 3. The number of hydrogen-bond acceptors (Lipinski definition) is 4. The Morgan fingerprint density at radius 2 is 2.16 bits per heavy atom. The molecular weight excluding hydrogens is 433 g/mol. The number of carbonyl (C=O) groups excluding carboxylic acids is 1. The number of nitrogens with one attached hydrogen (secondary N) is 2. The van der Waals surface area contributed by atoms with Gasteiger partial charge in [0, 0.05) is 33.1 Å². The van der Waals surface area contributed by atoms with E-state index in [0.29, 0.717) is 11.9 Å². The summed E-state index contributed by atoms with van der Waals surface area (Å²) in [6.45, 7) is 7.91. The van der Waals surface area contributed by atoms with Gasteiger partial charge in [-0.1, -0.05) is 13.8 Å². The van der Waals surface area contributed by atoms with Gasteiger partial charge in [-0.2, -0.15) is 5.10 Å². The standard InChI is InChI=1S/C16H29N7O.HI/c1-11(2)8-17-16(18-9-15(24)22(4)5)20-13-6-7-14-19-12(3)21-23(14)10-13;/h11,13H,6-10H2,1-5H3,(H2,17,18,20);1H. The highest BCUT2D eigenvalue weighted by atomic mass is 127. The molecule has 1 aromatic rings. The molecule has 1 amide bonds. The molecule has 0 fully saturated rings. The topological polar surface area (TPSA) is 87.4 Å². The van der Waals surface area contributed by atoms with Crippen LogP contribution in [0.2, 0.25) is 0 Å². The van der Waals surface area contributed by atoms with Gasteiger partial charge in [-0.25, -0.2) is 14.7 Å². The van der Waals surface area contributed by atoms with Crippen LogP contribution < -0.4 is 10.6 Å². The normalized spacial score (nSPS) is 16.9. The molecule has 0 saturated heterocycles. The lowest BCUT2D eigenvalue weighted by Crippen LogP contribution is -2.48. The minimum atomic E-state index is -0.0153. The lowest BCUT2D eigenvalue weighted by Gasteiger charge is -2.26. The summed E-state index contributed by atoms with van der Waals surface area (Å²) in [6, 6.07) is 0.228. The fourth-order valence-electron chi connectivity index (χ4n) is 2.49. The van der Waals surface area contributed by atoms with E-state index in [9.17, 15) is 4.79 Å². The molecule has 2 rings (SSSR count). The molecule has 1 atom stereocenters. The van der Waals surface area contributed by atoms with E-state index in [-0.39, 0.29) is 42.5 Å². The number of hydrogen-bond donors (Lipinski definition) is 2. The lowest BCUT2D eigenvalue weighted by atomic mass is 10.1. The molecular formula is C16H30IN7O. The maximum Gasteiger partial charge on any atom is 0.243 e. The Morgan fingerprint density at radius 1 is 1.44 bits per heavy atom. The number of fused-ring (bicyclic) bond motifs is 1. The quantitative estimate of drug-likeness (QED) is 0.383. The molecule has 1 aromatic heterocycles. The fourth-order valence-corrected chi connectivity index (χ4v) is 2.49. The summed E-state index contributed by atoms with van der Waals surface area (Å²) in [4.78, 5) is 22.2. The summed E-state index contributed by atoms with van der Waals surface area (Å²) < 4.78 is 1.96. The van der Waals surface area contributed by atoms with Gasteiger partial charge in [0.25, 0.3) is 0 Å². The highest BCUT2D eigenvalue weighted by Crippen LogP contribution is 2.12. The van der Waals surface area contributed by atoms with Gasteiger partial charge in [-0.3, -0.25) is 4.79 Å². The maximum atomic E-state index is 11.8. The third kappa shape index (κ3) is 6.79. The monoisotopic (exact) mass is 463 g/mol. The van der Waals surface area contributed by atoms with E-state index in [0.717, 1.165) is 37.6 Å². The first kappa shape index (κ1) is 21.7. The first-order chi connectivity index (χ1) is 11.3. The minimum absolute atomic E-state index is 0. The van der Waals surface area contributed by atoms with E-state index >= 15 is 0 Å². The largest absolute Gasteiger partial charge is 0.356 e. The molecule has 2 heterocycles. The predicted molar refractivity (Wildman–Crippen MR) is 109 cm³/mol. The zero-order valence-corrected chi connectivity index (χ0v) is 18.1. The van der Waals surface area contributed by atoms with Crippen LogP contribution in [-0.2, 0) is 17.8 Å². The first-order valence-corrected chi connectivity index (χ1v) is 8.50. The number of aliphatic imine (C=N–C) groups is 1.